The molecular weight excluding hydrogens is 554 g/mol. The average molecular weight is 590 g/mol. The third-order valence-corrected chi connectivity index (χ3v) is 7.99. The van der Waals surface area contributed by atoms with Crippen molar-refractivity contribution in [3.8, 4) is 11.5 Å². The van der Waals surface area contributed by atoms with Crippen molar-refractivity contribution < 1.29 is 26.9 Å². The highest BCUT2D eigenvalue weighted by molar-refractivity contribution is 5.96. The van der Waals surface area contributed by atoms with Crippen LogP contribution in [0.3, 0.4) is 0 Å². The zero-order valence-corrected chi connectivity index (χ0v) is 24.0. The molecule has 0 bridgehead atoms. The molecule has 2 N–H and O–H groups in total. The number of anilines is 1. The molecule has 0 saturated carbocycles. The number of rotatable bonds is 9. The number of aromatic nitrogens is 4. The lowest BCUT2D eigenvalue weighted by atomic mass is 10.0. The SMILES string of the molecule is CCC(C)(C)n1ccc(C(=O)NCc2nc(-c3cc4c(N[C@@H]5CCN(C)C[C@@H]5F)cccc4n3CC(F)(F)F)no2)c1. The minimum atomic E-state index is -4.52. The molecule has 1 fully saturated rings. The van der Waals surface area contributed by atoms with Crippen LogP contribution in [-0.4, -0.2) is 68.6 Å². The number of benzene rings is 1. The molecule has 1 aliphatic heterocycles. The molecule has 1 saturated heterocycles. The summed E-state index contributed by atoms with van der Waals surface area (Å²) < 4.78 is 64.1. The summed E-state index contributed by atoms with van der Waals surface area (Å²) in [6, 6.07) is 7.73. The Kier molecular flexibility index (Phi) is 8.06. The fourth-order valence-electron chi connectivity index (χ4n) is 5.14. The van der Waals surface area contributed by atoms with E-state index in [1.54, 1.807) is 36.5 Å². The number of amides is 1. The van der Waals surface area contributed by atoms with E-state index >= 15 is 0 Å². The summed E-state index contributed by atoms with van der Waals surface area (Å²) in [5.41, 5.74) is 1.24. The van der Waals surface area contributed by atoms with Crippen molar-refractivity contribution in [3.63, 3.8) is 0 Å². The Morgan fingerprint density at radius 3 is 2.71 bits per heavy atom. The average Bonchev–Trinajstić information content (AvgIpc) is 3.68. The first-order chi connectivity index (χ1) is 19.8. The van der Waals surface area contributed by atoms with Crippen molar-refractivity contribution in [1.82, 2.24) is 29.5 Å². The minimum absolute atomic E-state index is 0.0421. The zero-order chi connectivity index (χ0) is 30.2. The number of likely N-dealkylation sites (tertiary alicyclic amines) is 1. The molecule has 9 nitrogen and oxygen atoms in total. The highest BCUT2D eigenvalue weighted by Gasteiger charge is 2.32. The molecule has 0 unspecified atom stereocenters. The van der Waals surface area contributed by atoms with Crippen LogP contribution in [0.2, 0.25) is 0 Å². The maximum Gasteiger partial charge on any atom is 0.406 e. The van der Waals surface area contributed by atoms with E-state index in [4.69, 9.17) is 4.52 Å². The lowest BCUT2D eigenvalue weighted by molar-refractivity contribution is -0.139. The maximum atomic E-state index is 14.7. The first-order valence-electron chi connectivity index (χ1n) is 13.9. The van der Waals surface area contributed by atoms with E-state index in [1.165, 1.54) is 0 Å². The summed E-state index contributed by atoms with van der Waals surface area (Å²) in [7, 11) is 1.85. The van der Waals surface area contributed by atoms with Crippen LogP contribution >= 0.6 is 0 Å². The van der Waals surface area contributed by atoms with Crippen LogP contribution in [0, 0.1) is 0 Å². The normalized spacial score (nSPS) is 18.5. The van der Waals surface area contributed by atoms with Crippen LogP contribution in [0.25, 0.3) is 22.4 Å². The van der Waals surface area contributed by atoms with Crippen LogP contribution in [0.15, 0.2) is 47.2 Å². The number of halogens is 4. The Morgan fingerprint density at radius 2 is 2.00 bits per heavy atom. The number of hydrogen-bond donors (Lipinski definition) is 2. The van der Waals surface area contributed by atoms with Crippen molar-refractivity contribution in [2.24, 2.45) is 0 Å². The molecule has 0 aliphatic carbocycles. The summed E-state index contributed by atoms with van der Waals surface area (Å²) >= 11 is 0. The molecule has 42 heavy (non-hydrogen) atoms. The third kappa shape index (κ3) is 6.30. The zero-order valence-electron chi connectivity index (χ0n) is 24.0. The summed E-state index contributed by atoms with van der Waals surface area (Å²) in [5, 5.41) is 10.3. The van der Waals surface area contributed by atoms with Crippen LogP contribution in [0.1, 0.15) is 49.9 Å². The lowest BCUT2D eigenvalue weighted by Crippen LogP contribution is -2.46. The molecule has 0 radical (unpaired) electrons. The van der Waals surface area contributed by atoms with Crippen LogP contribution in [0.4, 0.5) is 23.2 Å². The van der Waals surface area contributed by atoms with E-state index in [2.05, 4.69) is 41.5 Å². The molecule has 226 valence electrons. The van der Waals surface area contributed by atoms with Gasteiger partial charge in [-0.05, 0) is 58.0 Å². The fourth-order valence-corrected chi connectivity index (χ4v) is 5.14. The number of piperidine rings is 1. The Bertz CT molecular complexity index is 1550. The number of fused-ring (bicyclic) bond motifs is 1. The predicted molar refractivity (Wildman–Crippen MR) is 151 cm³/mol. The van der Waals surface area contributed by atoms with Gasteiger partial charge in [0, 0.05) is 42.1 Å². The van der Waals surface area contributed by atoms with E-state index < -0.39 is 24.9 Å². The van der Waals surface area contributed by atoms with Gasteiger partial charge in [0.1, 0.15) is 12.7 Å². The second kappa shape index (κ2) is 11.4. The molecule has 1 amide bonds. The molecule has 1 aliphatic rings. The van der Waals surface area contributed by atoms with Gasteiger partial charge in [-0.1, -0.05) is 18.1 Å². The second-order valence-corrected chi connectivity index (χ2v) is 11.5. The maximum absolute atomic E-state index is 14.7. The largest absolute Gasteiger partial charge is 0.406 e. The van der Waals surface area contributed by atoms with Gasteiger partial charge in [0.25, 0.3) is 5.91 Å². The lowest BCUT2D eigenvalue weighted by Gasteiger charge is -2.33. The van der Waals surface area contributed by atoms with Crippen molar-refractivity contribution in [1.29, 1.82) is 0 Å². The Morgan fingerprint density at radius 1 is 1.21 bits per heavy atom. The first kappa shape index (κ1) is 29.6. The molecule has 1 aromatic carbocycles. The van der Waals surface area contributed by atoms with Gasteiger partial charge in [-0.25, -0.2) is 4.39 Å². The van der Waals surface area contributed by atoms with E-state index in [9.17, 15) is 22.4 Å². The van der Waals surface area contributed by atoms with Gasteiger partial charge >= 0.3 is 6.18 Å². The van der Waals surface area contributed by atoms with E-state index in [0.29, 0.717) is 35.1 Å². The standard InChI is InChI=1S/C29H35F4N7O2/c1-5-28(2,3)39-12-9-18(15-39)27(41)34-14-25-36-26(37-42-25)24-13-19-21(35-22-10-11-38(4)16-20(22)30)7-6-8-23(19)40(24)17-29(31,32)33/h6-9,12-13,15,20,22,35H,5,10-11,14,16-17H2,1-4H3,(H,34,41)/t20-,22+/m0/s1. The summed E-state index contributed by atoms with van der Waals surface area (Å²) in [6.45, 7) is 5.80. The number of carbonyl (C=O) groups excluding carboxylic acids is 1. The smallest absolute Gasteiger partial charge is 0.379 e. The fraction of sp³-hybridized carbons (Fsp3) is 0.483. The van der Waals surface area contributed by atoms with Gasteiger partial charge in [0.05, 0.1) is 29.4 Å². The molecule has 4 heterocycles. The Hall–Kier alpha value is -3.87. The summed E-state index contributed by atoms with van der Waals surface area (Å²) in [5.74, 6) is -0.355. The minimum Gasteiger partial charge on any atom is -0.379 e. The second-order valence-electron chi connectivity index (χ2n) is 11.5. The number of nitrogens with one attached hydrogen (secondary N) is 2. The highest BCUT2D eigenvalue weighted by Crippen LogP contribution is 2.35. The van der Waals surface area contributed by atoms with Gasteiger partial charge in [-0.2, -0.15) is 18.2 Å². The number of carbonyl (C=O) groups is 1. The molecule has 0 spiro atoms. The molecule has 2 atom stereocenters. The van der Waals surface area contributed by atoms with E-state index in [0.717, 1.165) is 11.0 Å². The monoisotopic (exact) mass is 589 g/mol. The van der Waals surface area contributed by atoms with Crippen LogP contribution in [-0.2, 0) is 18.6 Å². The van der Waals surface area contributed by atoms with Crippen LogP contribution < -0.4 is 10.6 Å². The number of nitrogens with zero attached hydrogens (tertiary/aromatic N) is 5. The number of hydrogen-bond acceptors (Lipinski definition) is 6. The Balaban J connectivity index is 1.39. The van der Waals surface area contributed by atoms with Crippen molar-refractivity contribution in [2.75, 3.05) is 25.5 Å². The summed E-state index contributed by atoms with van der Waals surface area (Å²) in [4.78, 5) is 18.9. The third-order valence-electron chi connectivity index (χ3n) is 7.99. The summed E-state index contributed by atoms with van der Waals surface area (Å²) in [6.07, 6.45) is -0.605. The van der Waals surface area contributed by atoms with Gasteiger partial charge in [-0.3, -0.25) is 4.79 Å². The first-order valence-corrected chi connectivity index (χ1v) is 13.9. The van der Waals surface area contributed by atoms with Crippen molar-refractivity contribution in [3.05, 3.63) is 54.2 Å². The van der Waals surface area contributed by atoms with Crippen molar-refractivity contribution >= 4 is 22.5 Å². The molecule has 5 rings (SSSR count). The quantitative estimate of drug-likeness (QED) is 0.248. The van der Waals surface area contributed by atoms with Gasteiger partial charge < -0.3 is 29.2 Å². The molecular formula is C29H35F4N7O2. The van der Waals surface area contributed by atoms with E-state index in [1.807, 2.05) is 22.7 Å². The highest BCUT2D eigenvalue weighted by atomic mass is 19.4. The predicted octanol–water partition coefficient (Wildman–Crippen LogP) is 5.58. The van der Waals surface area contributed by atoms with Crippen molar-refractivity contribution in [2.45, 2.75) is 70.6 Å². The van der Waals surface area contributed by atoms with Gasteiger partial charge in [-0.15, -0.1) is 0 Å². The topological polar surface area (TPSA) is 93.2 Å². The van der Waals surface area contributed by atoms with E-state index in [-0.39, 0.29) is 41.9 Å². The molecule has 4 aromatic rings. The van der Waals surface area contributed by atoms with Gasteiger partial charge in [0.2, 0.25) is 11.7 Å². The molecule has 3 aromatic heterocycles. The van der Waals surface area contributed by atoms with Crippen LogP contribution in [0.5, 0.6) is 0 Å². The Labute approximate surface area is 240 Å². The van der Waals surface area contributed by atoms with Gasteiger partial charge in [0.15, 0.2) is 0 Å². The number of alkyl halides is 4. The molecule has 13 heteroatoms.